The molecule has 0 bridgehead atoms. The van der Waals surface area contributed by atoms with Crippen LogP contribution in [0.2, 0.25) is 0 Å². The summed E-state index contributed by atoms with van der Waals surface area (Å²) in [5.74, 6) is -0.869. The first-order valence-electron chi connectivity index (χ1n) is 10.7. The molecule has 1 aromatic rings. The quantitative estimate of drug-likeness (QED) is 0.447. The van der Waals surface area contributed by atoms with Gasteiger partial charge >= 0.3 is 13.2 Å². The molecule has 13 heteroatoms. The molecule has 1 amide bonds. The Labute approximate surface area is 206 Å². The maximum atomic E-state index is 14.9. The van der Waals surface area contributed by atoms with Crippen molar-refractivity contribution in [2.45, 2.75) is 71.3 Å². The molecule has 2 atom stereocenters. The van der Waals surface area contributed by atoms with E-state index in [0.29, 0.717) is 9.77 Å². The first-order chi connectivity index (χ1) is 15.6. The van der Waals surface area contributed by atoms with Gasteiger partial charge in [-0.05, 0) is 60.0 Å². The maximum Gasteiger partial charge on any atom is 0.494 e. The van der Waals surface area contributed by atoms with Gasteiger partial charge in [-0.1, -0.05) is 12.1 Å². The SMILES string of the molecule is CN1C(N(SF)C(=O)OC(C)(C)C)=NC(c2cc(B3OC(C)(C)C(C)(C)O3)ccc2F)CS1=O. The molecule has 1 aromatic carbocycles. The molecule has 8 nitrogen and oxygen atoms in total. The fraction of sp³-hybridized carbons (Fsp3) is 0.619. The highest BCUT2D eigenvalue weighted by atomic mass is 32.2. The summed E-state index contributed by atoms with van der Waals surface area (Å²) in [7, 11) is -1.02. The van der Waals surface area contributed by atoms with Crippen LogP contribution in [0.3, 0.4) is 0 Å². The number of nitrogens with zero attached hydrogens (tertiary/aromatic N) is 3. The minimum Gasteiger partial charge on any atom is -0.443 e. The van der Waals surface area contributed by atoms with Crippen LogP contribution in [0, 0.1) is 5.82 Å². The van der Waals surface area contributed by atoms with Crippen LogP contribution in [0.5, 0.6) is 0 Å². The van der Waals surface area contributed by atoms with E-state index < -0.39 is 65.2 Å². The lowest BCUT2D eigenvalue weighted by molar-refractivity contribution is 0.00578. The van der Waals surface area contributed by atoms with E-state index in [0.717, 1.165) is 4.31 Å². The summed E-state index contributed by atoms with van der Waals surface area (Å²) < 4.78 is 60.6. The number of amides is 1. The molecule has 1 saturated heterocycles. The highest BCUT2D eigenvalue weighted by molar-refractivity contribution is 7.93. The lowest BCUT2D eigenvalue weighted by atomic mass is 9.78. The molecule has 34 heavy (non-hydrogen) atoms. The standard InChI is InChI=1S/C21H30BF2N3O5S2/c1-19(2,3)30-18(28)27(33-24)17-25-16(12-34(29)26(17)8)14-11-13(9-10-15(14)23)22-31-20(4,5)21(6,7)32-22/h9-11,16H,12H2,1-8H3. The van der Waals surface area contributed by atoms with Gasteiger partial charge in [-0.25, -0.2) is 18.4 Å². The Morgan fingerprint density at radius 1 is 1.29 bits per heavy atom. The fourth-order valence-electron chi connectivity index (χ4n) is 3.32. The highest BCUT2D eigenvalue weighted by Gasteiger charge is 2.52. The average molecular weight is 517 g/mol. The Morgan fingerprint density at radius 2 is 1.88 bits per heavy atom. The van der Waals surface area contributed by atoms with Crippen molar-refractivity contribution < 1.29 is 31.3 Å². The van der Waals surface area contributed by atoms with E-state index in [-0.39, 0.29) is 17.3 Å². The van der Waals surface area contributed by atoms with Crippen LogP contribution in [0.4, 0.5) is 13.1 Å². The molecule has 2 heterocycles. The Kier molecular flexibility index (Phi) is 7.44. The third-order valence-electron chi connectivity index (χ3n) is 5.87. The van der Waals surface area contributed by atoms with Gasteiger partial charge in [0.05, 0.1) is 23.0 Å². The number of guanidine groups is 1. The van der Waals surface area contributed by atoms with Crippen LogP contribution < -0.4 is 5.46 Å². The van der Waals surface area contributed by atoms with Crippen molar-refractivity contribution in [3.8, 4) is 0 Å². The second-order valence-corrected chi connectivity index (χ2v) is 12.2. The summed E-state index contributed by atoms with van der Waals surface area (Å²) in [6, 6.07) is 3.43. The van der Waals surface area contributed by atoms with Crippen LogP contribution in [-0.2, 0) is 25.0 Å². The smallest absolute Gasteiger partial charge is 0.443 e. The predicted octanol–water partition coefficient (Wildman–Crippen LogP) is 3.90. The molecular formula is C21H30BF2N3O5S2. The summed E-state index contributed by atoms with van der Waals surface area (Å²) in [4.78, 5) is 16.9. The highest BCUT2D eigenvalue weighted by Crippen LogP contribution is 2.37. The lowest BCUT2D eigenvalue weighted by Crippen LogP contribution is -2.47. The van der Waals surface area contributed by atoms with Gasteiger partial charge in [0.1, 0.15) is 22.4 Å². The number of aliphatic imine (C=N–C) groups is 1. The van der Waals surface area contributed by atoms with E-state index in [4.69, 9.17) is 14.0 Å². The zero-order valence-electron chi connectivity index (χ0n) is 20.5. The van der Waals surface area contributed by atoms with E-state index in [1.165, 1.54) is 13.1 Å². The number of ether oxygens (including phenoxy) is 1. The van der Waals surface area contributed by atoms with Crippen molar-refractivity contribution in [2.24, 2.45) is 4.99 Å². The molecule has 0 radical (unpaired) electrons. The number of carbonyl (C=O) groups excluding carboxylic acids is 1. The van der Waals surface area contributed by atoms with Gasteiger partial charge in [0.25, 0.3) is 0 Å². The van der Waals surface area contributed by atoms with Crippen LogP contribution in [0.1, 0.15) is 60.1 Å². The van der Waals surface area contributed by atoms with Crippen LogP contribution >= 0.6 is 12.3 Å². The largest absolute Gasteiger partial charge is 0.494 e. The zero-order chi connectivity index (χ0) is 25.6. The van der Waals surface area contributed by atoms with E-state index in [1.807, 2.05) is 27.7 Å². The summed E-state index contributed by atoms with van der Waals surface area (Å²) in [6.07, 6.45) is -1.02. The van der Waals surface area contributed by atoms with Crippen molar-refractivity contribution in [1.29, 1.82) is 0 Å². The van der Waals surface area contributed by atoms with Gasteiger partial charge in [0.2, 0.25) is 5.96 Å². The van der Waals surface area contributed by atoms with Crippen molar-refractivity contribution >= 4 is 48.0 Å². The predicted molar refractivity (Wildman–Crippen MR) is 130 cm³/mol. The first-order valence-corrected chi connectivity index (χ1v) is 12.7. The van der Waals surface area contributed by atoms with Gasteiger partial charge in [0, 0.05) is 12.6 Å². The third kappa shape index (κ3) is 5.42. The number of hydrogen-bond acceptors (Lipinski definition) is 7. The van der Waals surface area contributed by atoms with E-state index in [2.05, 4.69) is 4.99 Å². The van der Waals surface area contributed by atoms with Crippen LogP contribution in [-0.4, -0.2) is 61.6 Å². The van der Waals surface area contributed by atoms with Gasteiger partial charge in [-0.3, -0.25) is 4.31 Å². The van der Waals surface area contributed by atoms with Crippen molar-refractivity contribution in [3.63, 3.8) is 0 Å². The molecule has 2 aliphatic heterocycles. The van der Waals surface area contributed by atoms with E-state index in [1.54, 1.807) is 32.9 Å². The number of carbonyl (C=O) groups is 1. The second-order valence-electron chi connectivity index (χ2n) is 10.1. The number of benzene rings is 1. The minimum absolute atomic E-state index is 0.0527. The van der Waals surface area contributed by atoms with Crippen molar-refractivity contribution in [3.05, 3.63) is 29.6 Å². The molecule has 2 aliphatic rings. The van der Waals surface area contributed by atoms with Crippen molar-refractivity contribution in [1.82, 2.24) is 8.61 Å². The van der Waals surface area contributed by atoms with Crippen molar-refractivity contribution in [2.75, 3.05) is 12.8 Å². The zero-order valence-corrected chi connectivity index (χ0v) is 22.2. The normalized spacial score (nSPS) is 24.1. The number of halogens is 2. The number of rotatable bonds is 3. The Hall–Kier alpha value is -1.70. The molecule has 0 N–H and O–H groups in total. The van der Waals surface area contributed by atoms with E-state index in [9.17, 15) is 17.3 Å². The number of hydrogen-bond donors (Lipinski definition) is 0. The fourth-order valence-corrected chi connectivity index (χ4v) is 4.76. The summed E-state index contributed by atoms with van der Waals surface area (Å²) >= 11 is -0.426. The summed E-state index contributed by atoms with van der Waals surface area (Å²) in [5.41, 5.74) is -1.35. The Balaban J connectivity index is 1.97. The molecule has 0 saturated carbocycles. The Morgan fingerprint density at radius 3 is 2.41 bits per heavy atom. The second kappa shape index (κ2) is 9.40. The summed E-state index contributed by atoms with van der Waals surface area (Å²) in [5, 5.41) is 0. The van der Waals surface area contributed by atoms with Crippen LogP contribution in [0.15, 0.2) is 23.2 Å². The molecule has 0 aromatic heterocycles. The monoisotopic (exact) mass is 517 g/mol. The molecule has 1 fully saturated rings. The van der Waals surface area contributed by atoms with E-state index >= 15 is 0 Å². The summed E-state index contributed by atoms with van der Waals surface area (Å²) in [6.45, 7) is 12.5. The van der Waals surface area contributed by atoms with Gasteiger partial charge in [-0.2, -0.15) is 4.31 Å². The molecule has 2 unspecified atom stereocenters. The lowest BCUT2D eigenvalue weighted by Gasteiger charge is -2.33. The molecule has 188 valence electrons. The third-order valence-corrected chi connectivity index (χ3v) is 7.70. The Bertz CT molecular complexity index is 1000. The van der Waals surface area contributed by atoms with Gasteiger partial charge < -0.3 is 14.0 Å². The molecule has 0 aliphatic carbocycles. The minimum atomic E-state index is -1.71. The molecule has 3 rings (SSSR count). The molecular weight excluding hydrogens is 487 g/mol. The maximum absolute atomic E-state index is 14.9. The molecule has 0 spiro atoms. The van der Waals surface area contributed by atoms with Crippen LogP contribution in [0.25, 0.3) is 0 Å². The topological polar surface area (TPSA) is 80.7 Å². The van der Waals surface area contributed by atoms with Gasteiger partial charge in [0.15, 0.2) is 12.3 Å². The average Bonchev–Trinajstić information content (AvgIpc) is 2.91. The first kappa shape index (κ1) is 26.9. The van der Waals surface area contributed by atoms with Gasteiger partial charge in [-0.15, -0.1) is 3.89 Å².